The summed E-state index contributed by atoms with van der Waals surface area (Å²) in [6.07, 6.45) is 2.14. The third-order valence-electron chi connectivity index (χ3n) is 5.32. The van der Waals surface area contributed by atoms with Crippen molar-refractivity contribution in [2.75, 3.05) is 13.1 Å². The molecule has 32 heavy (non-hydrogen) atoms. The van der Waals surface area contributed by atoms with E-state index in [0.29, 0.717) is 18.0 Å². The Balaban J connectivity index is 1.49. The Labute approximate surface area is 193 Å². The van der Waals surface area contributed by atoms with Crippen molar-refractivity contribution >= 4 is 21.8 Å². The van der Waals surface area contributed by atoms with E-state index in [-0.39, 0.29) is 18.1 Å². The molecule has 1 N–H and O–H groups in total. The zero-order valence-electron chi connectivity index (χ0n) is 17.6. The van der Waals surface area contributed by atoms with E-state index in [2.05, 4.69) is 26.5 Å². The first-order valence-electron chi connectivity index (χ1n) is 10.3. The molecular formula is C23H23BrF2N4O2. The smallest absolute Gasteiger partial charge is 0.286 e. The molecule has 3 aromatic rings. The summed E-state index contributed by atoms with van der Waals surface area (Å²) in [4.78, 5) is 12.5. The molecule has 6 nitrogen and oxygen atoms in total. The van der Waals surface area contributed by atoms with Gasteiger partial charge in [-0.05, 0) is 56.2 Å². The van der Waals surface area contributed by atoms with Gasteiger partial charge in [-0.15, -0.1) is 0 Å². The normalized spacial score (nSPS) is 14.0. The highest BCUT2D eigenvalue weighted by atomic mass is 79.9. The maximum absolute atomic E-state index is 14.0. The molecule has 2 aromatic carbocycles. The minimum Gasteiger partial charge on any atom is -0.488 e. The summed E-state index contributed by atoms with van der Waals surface area (Å²) in [7, 11) is 0. The van der Waals surface area contributed by atoms with Gasteiger partial charge in [0.1, 0.15) is 24.0 Å². The van der Waals surface area contributed by atoms with Crippen LogP contribution in [0.2, 0.25) is 0 Å². The quantitative estimate of drug-likeness (QED) is 0.510. The Kier molecular flexibility index (Phi) is 6.86. The number of nitrogens with zero attached hydrogens (tertiary/aromatic N) is 3. The van der Waals surface area contributed by atoms with Crippen LogP contribution in [0.1, 0.15) is 40.2 Å². The molecule has 1 aromatic heterocycles. The number of hydrogen-bond acceptors (Lipinski definition) is 4. The van der Waals surface area contributed by atoms with Crippen LogP contribution in [-0.2, 0) is 13.2 Å². The van der Waals surface area contributed by atoms with E-state index >= 15 is 0 Å². The number of aromatic nitrogens is 2. The second-order valence-electron chi connectivity index (χ2n) is 7.74. The molecule has 4 rings (SSSR count). The van der Waals surface area contributed by atoms with Crippen molar-refractivity contribution in [2.45, 2.75) is 32.9 Å². The monoisotopic (exact) mass is 504 g/mol. The van der Waals surface area contributed by atoms with Crippen LogP contribution in [0.5, 0.6) is 5.75 Å². The van der Waals surface area contributed by atoms with E-state index in [4.69, 9.17) is 4.74 Å². The van der Waals surface area contributed by atoms with Gasteiger partial charge in [0.15, 0.2) is 5.69 Å². The number of carbonyl (C=O) groups excluding carboxylic acids is 1. The molecular weight excluding hydrogens is 482 g/mol. The van der Waals surface area contributed by atoms with Crippen molar-refractivity contribution < 1.29 is 18.3 Å². The van der Waals surface area contributed by atoms with Crippen LogP contribution in [0.4, 0.5) is 8.78 Å². The average Bonchev–Trinajstić information content (AvgIpc) is 3.38. The highest BCUT2D eigenvalue weighted by Gasteiger charge is 2.19. The molecule has 0 atom stereocenters. The summed E-state index contributed by atoms with van der Waals surface area (Å²) < 4.78 is 35.5. The fourth-order valence-corrected chi connectivity index (χ4v) is 3.99. The molecule has 0 bridgehead atoms. The lowest BCUT2D eigenvalue weighted by atomic mass is 10.2. The average molecular weight is 505 g/mol. The summed E-state index contributed by atoms with van der Waals surface area (Å²) in [5.74, 6) is -0.962. The van der Waals surface area contributed by atoms with Gasteiger partial charge >= 0.3 is 0 Å². The third-order valence-corrected chi connectivity index (χ3v) is 5.81. The van der Waals surface area contributed by atoms with Gasteiger partial charge in [0.2, 0.25) is 0 Å². The summed E-state index contributed by atoms with van der Waals surface area (Å²) >= 11 is 3.46. The van der Waals surface area contributed by atoms with Gasteiger partial charge in [-0.1, -0.05) is 15.9 Å². The lowest BCUT2D eigenvalue weighted by Gasteiger charge is -2.15. The Hall–Kier alpha value is -2.78. The molecule has 0 radical (unpaired) electrons. The SMILES string of the molecule is Cc1cc(C(=O)NN2CCCC2)nn1Cc1cc(Br)ccc1OCc1ccc(F)cc1F. The molecule has 2 heterocycles. The predicted molar refractivity (Wildman–Crippen MR) is 119 cm³/mol. The van der Waals surface area contributed by atoms with Crippen molar-refractivity contribution in [3.05, 3.63) is 81.1 Å². The molecule has 168 valence electrons. The van der Waals surface area contributed by atoms with Gasteiger partial charge in [0.05, 0.1) is 6.54 Å². The van der Waals surface area contributed by atoms with Crippen LogP contribution in [0.25, 0.3) is 0 Å². The Bertz CT molecular complexity index is 1130. The summed E-state index contributed by atoms with van der Waals surface area (Å²) in [5.41, 5.74) is 5.13. The van der Waals surface area contributed by atoms with E-state index < -0.39 is 11.6 Å². The van der Waals surface area contributed by atoms with E-state index in [0.717, 1.165) is 47.7 Å². The summed E-state index contributed by atoms with van der Waals surface area (Å²) in [5, 5.41) is 6.37. The number of carbonyl (C=O) groups is 1. The number of amides is 1. The summed E-state index contributed by atoms with van der Waals surface area (Å²) in [6.45, 7) is 3.90. The van der Waals surface area contributed by atoms with Crippen LogP contribution < -0.4 is 10.2 Å². The topological polar surface area (TPSA) is 59.4 Å². The largest absolute Gasteiger partial charge is 0.488 e. The van der Waals surface area contributed by atoms with Gasteiger partial charge < -0.3 is 4.74 Å². The molecule has 1 aliphatic rings. The van der Waals surface area contributed by atoms with Crippen molar-refractivity contribution in [3.8, 4) is 5.75 Å². The van der Waals surface area contributed by atoms with Gasteiger partial charge in [-0.3, -0.25) is 14.9 Å². The first-order valence-corrected chi connectivity index (χ1v) is 11.1. The van der Waals surface area contributed by atoms with Crippen LogP contribution in [0, 0.1) is 18.6 Å². The highest BCUT2D eigenvalue weighted by molar-refractivity contribution is 9.10. The first kappa shape index (κ1) is 22.4. The molecule has 0 spiro atoms. The number of rotatable bonds is 7. The number of hydrazine groups is 1. The number of halogens is 3. The molecule has 0 saturated carbocycles. The van der Waals surface area contributed by atoms with Crippen LogP contribution >= 0.6 is 15.9 Å². The van der Waals surface area contributed by atoms with Crippen LogP contribution in [-0.4, -0.2) is 33.8 Å². The van der Waals surface area contributed by atoms with E-state index in [1.54, 1.807) is 16.8 Å². The minimum absolute atomic E-state index is 0.0394. The molecule has 1 saturated heterocycles. The lowest BCUT2D eigenvalue weighted by molar-refractivity contribution is 0.0819. The van der Waals surface area contributed by atoms with E-state index in [1.165, 1.54) is 12.1 Å². The summed E-state index contributed by atoms with van der Waals surface area (Å²) in [6, 6.07) is 10.6. The molecule has 0 aliphatic carbocycles. The van der Waals surface area contributed by atoms with Crippen molar-refractivity contribution in [2.24, 2.45) is 0 Å². The molecule has 1 amide bonds. The molecule has 9 heteroatoms. The van der Waals surface area contributed by atoms with Gasteiger partial charge in [-0.2, -0.15) is 5.10 Å². The standard InChI is InChI=1S/C23H23BrF2N4O2/c1-15-10-21(23(31)28-29-8-2-3-9-29)27-30(15)13-17-11-18(24)5-7-22(17)32-14-16-4-6-19(25)12-20(16)26/h4-7,10-12H,2-3,8-9,13-14H2,1H3,(H,28,31). The number of aryl methyl sites for hydroxylation is 1. The lowest BCUT2D eigenvalue weighted by Crippen LogP contribution is -2.40. The van der Waals surface area contributed by atoms with Gasteiger partial charge in [0.25, 0.3) is 5.91 Å². The maximum Gasteiger partial charge on any atom is 0.286 e. The van der Waals surface area contributed by atoms with E-state index in [1.807, 2.05) is 24.1 Å². The number of nitrogens with one attached hydrogen (secondary N) is 1. The second kappa shape index (κ2) is 9.79. The van der Waals surface area contributed by atoms with Crippen molar-refractivity contribution in [3.63, 3.8) is 0 Å². The Morgan fingerprint density at radius 1 is 1.12 bits per heavy atom. The van der Waals surface area contributed by atoms with Crippen molar-refractivity contribution in [1.82, 2.24) is 20.2 Å². The number of benzene rings is 2. The fraction of sp³-hybridized carbons (Fsp3) is 0.304. The highest BCUT2D eigenvalue weighted by Crippen LogP contribution is 2.26. The maximum atomic E-state index is 14.0. The van der Waals surface area contributed by atoms with Gasteiger partial charge in [0, 0.05) is 40.4 Å². The van der Waals surface area contributed by atoms with Crippen molar-refractivity contribution in [1.29, 1.82) is 0 Å². The Morgan fingerprint density at radius 2 is 1.91 bits per heavy atom. The third kappa shape index (κ3) is 5.34. The first-order chi connectivity index (χ1) is 15.4. The second-order valence-corrected chi connectivity index (χ2v) is 8.66. The molecule has 1 fully saturated rings. The van der Waals surface area contributed by atoms with Crippen LogP contribution in [0.3, 0.4) is 0 Å². The van der Waals surface area contributed by atoms with Crippen LogP contribution in [0.15, 0.2) is 46.9 Å². The number of ether oxygens (including phenoxy) is 1. The number of hydrogen-bond donors (Lipinski definition) is 1. The minimum atomic E-state index is -0.653. The molecule has 1 aliphatic heterocycles. The zero-order chi connectivity index (χ0) is 22.7. The van der Waals surface area contributed by atoms with E-state index in [9.17, 15) is 13.6 Å². The fourth-order valence-electron chi connectivity index (χ4n) is 3.58. The van der Waals surface area contributed by atoms with Gasteiger partial charge in [-0.25, -0.2) is 13.8 Å². The Morgan fingerprint density at radius 3 is 2.66 bits per heavy atom. The predicted octanol–water partition coefficient (Wildman–Crippen LogP) is 4.60. The molecule has 0 unspecified atom stereocenters. The zero-order valence-corrected chi connectivity index (χ0v) is 19.2.